The minimum atomic E-state index is -0.736. The number of hydrogen-bond donors (Lipinski definition) is 2. The van der Waals surface area contributed by atoms with Crippen LogP contribution >= 0.6 is 11.6 Å². The molecule has 0 radical (unpaired) electrons. The molecule has 40 heavy (non-hydrogen) atoms. The Kier molecular flexibility index (Phi) is 8.29. The fourth-order valence-corrected chi connectivity index (χ4v) is 5.43. The molecular weight excluding hydrogens is 536 g/mol. The second kappa shape index (κ2) is 12.0. The highest BCUT2D eigenvalue weighted by molar-refractivity contribution is 6.33. The van der Waals surface area contributed by atoms with Crippen molar-refractivity contribution >= 4 is 40.3 Å². The number of ether oxygens (including phenoxy) is 1. The molecule has 1 fully saturated rings. The molecule has 0 saturated carbocycles. The van der Waals surface area contributed by atoms with Gasteiger partial charge in [0.2, 0.25) is 0 Å². The Balaban J connectivity index is 1.22. The van der Waals surface area contributed by atoms with E-state index in [1.807, 2.05) is 30.3 Å². The topological polar surface area (TPSA) is 141 Å². The maximum atomic E-state index is 12.5. The number of likely N-dealkylation sites (tertiary alicyclic amines) is 1. The lowest BCUT2D eigenvalue weighted by Gasteiger charge is -2.34. The summed E-state index contributed by atoms with van der Waals surface area (Å²) in [6, 6.07) is 9.97. The highest BCUT2D eigenvalue weighted by Gasteiger charge is 2.27. The van der Waals surface area contributed by atoms with Gasteiger partial charge in [-0.05, 0) is 36.5 Å². The number of nitrogens with zero attached hydrogens (tertiary/aromatic N) is 5. The van der Waals surface area contributed by atoms with Gasteiger partial charge in [-0.2, -0.15) is 9.89 Å². The molecule has 11 nitrogen and oxygen atoms in total. The van der Waals surface area contributed by atoms with Crippen molar-refractivity contribution in [2.45, 2.75) is 38.2 Å². The number of carbonyl (C=O) groups is 2. The van der Waals surface area contributed by atoms with Crippen LogP contribution in [0.1, 0.15) is 37.7 Å². The summed E-state index contributed by atoms with van der Waals surface area (Å²) in [6.07, 6.45) is 5.16. The number of nitroso groups, excluding NO2 is 1. The van der Waals surface area contributed by atoms with E-state index in [-0.39, 0.29) is 24.6 Å². The number of aliphatic carboxylic acids is 1. The van der Waals surface area contributed by atoms with E-state index in [1.165, 1.54) is 4.90 Å². The molecule has 0 bridgehead atoms. The number of aromatic nitrogens is 3. The van der Waals surface area contributed by atoms with Gasteiger partial charge in [0.25, 0.3) is 6.01 Å². The number of rotatable bonds is 8. The zero-order valence-electron chi connectivity index (χ0n) is 22.2. The Morgan fingerprint density at radius 3 is 2.55 bits per heavy atom. The number of urea groups is 1. The summed E-state index contributed by atoms with van der Waals surface area (Å²) in [7, 11) is 1.66. The molecule has 1 aliphatic heterocycles. The molecule has 2 aliphatic rings. The number of hydrogen-bond acceptors (Lipinski definition) is 7. The second-order valence-electron chi connectivity index (χ2n) is 10.2. The van der Waals surface area contributed by atoms with Crippen LogP contribution in [0.2, 0.25) is 5.02 Å². The number of fused-ring (bicyclic) bond motifs is 1. The Morgan fingerprint density at radius 2 is 1.90 bits per heavy atom. The van der Waals surface area contributed by atoms with Gasteiger partial charge in [-0.15, -0.1) is 0 Å². The Morgan fingerprint density at radius 1 is 1.18 bits per heavy atom. The van der Waals surface area contributed by atoms with E-state index in [4.69, 9.17) is 16.3 Å². The lowest BCUT2D eigenvalue weighted by molar-refractivity contribution is -0.141. The number of aromatic amines is 1. The van der Waals surface area contributed by atoms with Crippen LogP contribution in [-0.4, -0.2) is 81.2 Å². The van der Waals surface area contributed by atoms with Crippen LogP contribution in [0.4, 0.5) is 4.79 Å². The number of carboxylic acids is 1. The number of likely N-dealkylation sites (N-methyl/N-ethyl adjacent to an activating group) is 1. The predicted molar refractivity (Wildman–Crippen MR) is 151 cm³/mol. The van der Waals surface area contributed by atoms with Crippen LogP contribution < -0.4 is 4.74 Å². The van der Waals surface area contributed by atoms with E-state index in [0.717, 1.165) is 23.1 Å². The average Bonchev–Trinajstić information content (AvgIpc) is 3.36. The second-order valence-corrected chi connectivity index (χ2v) is 10.6. The number of piperidine rings is 1. The first kappa shape index (κ1) is 27.6. The highest BCUT2D eigenvalue weighted by Crippen LogP contribution is 2.34. The molecule has 1 atom stereocenters. The van der Waals surface area contributed by atoms with Crippen LogP contribution in [0.5, 0.6) is 6.01 Å². The Labute approximate surface area is 236 Å². The number of amides is 2. The molecule has 3 aromatic rings. The van der Waals surface area contributed by atoms with E-state index in [2.05, 4.69) is 20.1 Å². The first-order valence-corrected chi connectivity index (χ1v) is 13.7. The lowest BCUT2D eigenvalue weighted by Crippen LogP contribution is -2.47. The standard InChI is InChI=1S/C28H31ClN6O5/c1-34(15-12-30-39)28(38)35-13-10-21(11-14-35)40-27-31-23-16-22(29)24(32-25(23)33-27)19-6-2-17(3-7-19)18-4-8-20(9-5-18)26(36)37/h2-4,6-7,16,20-21H,5,8-15H2,1H3,(H,36,37)(H,31,32,33). The molecule has 1 aromatic carbocycles. The molecule has 3 heterocycles. The van der Waals surface area contributed by atoms with Crippen LogP contribution in [0, 0.1) is 10.8 Å². The van der Waals surface area contributed by atoms with E-state index >= 15 is 0 Å². The average molecular weight is 567 g/mol. The monoisotopic (exact) mass is 566 g/mol. The van der Waals surface area contributed by atoms with Crippen molar-refractivity contribution in [1.29, 1.82) is 0 Å². The highest BCUT2D eigenvalue weighted by atomic mass is 35.5. The van der Waals surface area contributed by atoms with Gasteiger partial charge >= 0.3 is 12.0 Å². The normalized spacial score (nSPS) is 17.9. The summed E-state index contributed by atoms with van der Waals surface area (Å²) in [6.45, 7) is 1.47. The van der Waals surface area contributed by atoms with Crippen molar-refractivity contribution in [3.8, 4) is 17.3 Å². The molecule has 5 rings (SSSR count). The third-order valence-electron chi connectivity index (χ3n) is 7.54. The number of pyridine rings is 1. The van der Waals surface area contributed by atoms with Crippen LogP contribution in [0.3, 0.4) is 0 Å². The van der Waals surface area contributed by atoms with Gasteiger partial charge in [-0.1, -0.05) is 47.1 Å². The molecule has 2 aromatic heterocycles. The maximum Gasteiger partial charge on any atom is 0.319 e. The van der Waals surface area contributed by atoms with Gasteiger partial charge in [0.05, 0.1) is 28.7 Å². The maximum absolute atomic E-state index is 12.5. The van der Waals surface area contributed by atoms with Gasteiger partial charge in [0.15, 0.2) is 5.65 Å². The van der Waals surface area contributed by atoms with E-state index < -0.39 is 5.97 Å². The summed E-state index contributed by atoms with van der Waals surface area (Å²) in [4.78, 5) is 49.7. The molecular formula is C28H31ClN6O5. The van der Waals surface area contributed by atoms with Gasteiger partial charge in [0, 0.05) is 45.1 Å². The first-order valence-electron chi connectivity index (χ1n) is 13.4. The Bertz CT molecular complexity index is 1430. The molecule has 2 N–H and O–H groups in total. The smallest absolute Gasteiger partial charge is 0.319 e. The number of imidazole rings is 1. The quantitative estimate of drug-likeness (QED) is 0.356. The summed E-state index contributed by atoms with van der Waals surface area (Å²) in [5, 5.41) is 12.5. The molecule has 1 aliphatic carbocycles. The summed E-state index contributed by atoms with van der Waals surface area (Å²) < 4.78 is 6.08. The number of carboxylic acid groups (broad SMARTS) is 1. The number of H-pyrrole nitrogens is 1. The largest absolute Gasteiger partial charge is 0.481 e. The fraction of sp³-hybridized carbons (Fsp3) is 0.429. The number of allylic oxidation sites excluding steroid dienone is 2. The first-order chi connectivity index (χ1) is 19.3. The lowest BCUT2D eigenvalue weighted by atomic mass is 9.86. The van der Waals surface area contributed by atoms with Crippen molar-refractivity contribution < 1.29 is 19.4 Å². The molecule has 1 saturated heterocycles. The number of benzene rings is 1. The number of halogens is 1. The molecule has 1 unspecified atom stereocenters. The van der Waals surface area contributed by atoms with E-state index in [0.29, 0.717) is 73.2 Å². The molecule has 12 heteroatoms. The van der Waals surface area contributed by atoms with Crippen LogP contribution in [-0.2, 0) is 4.79 Å². The van der Waals surface area contributed by atoms with E-state index in [1.54, 1.807) is 18.0 Å². The van der Waals surface area contributed by atoms with E-state index in [9.17, 15) is 19.6 Å². The van der Waals surface area contributed by atoms with Gasteiger partial charge in [0.1, 0.15) is 6.10 Å². The molecule has 210 valence electrons. The van der Waals surface area contributed by atoms with Crippen molar-refractivity contribution in [3.05, 3.63) is 51.9 Å². The van der Waals surface area contributed by atoms with Gasteiger partial charge in [-0.3, -0.25) is 4.79 Å². The fourth-order valence-electron chi connectivity index (χ4n) is 5.17. The van der Waals surface area contributed by atoms with Crippen LogP contribution in [0.15, 0.2) is 41.6 Å². The van der Waals surface area contributed by atoms with Crippen molar-refractivity contribution in [2.75, 3.05) is 33.2 Å². The van der Waals surface area contributed by atoms with Gasteiger partial charge in [-0.25, -0.2) is 9.78 Å². The minimum absolute atomic E-state index is 0.0771. The van der Waals surface area contributed by atoms with Crippen molar-refractivity contribution in [3.63, 3.8) is 0 Å². The minimum Gasteiger partial charge on any atom is -0.481 e. The zero-order valence-corrected chi connectivity index (χ0v) is 22.9. The predicted octanol–water partition coefficient (Wildman–Crippen LogP) is 5.21. The summed E-state index contributed by atoms with van der Waals surface area (Å²) in [5.74, 6) is -1.04. The SMILES string of the molecule is CN(CCN=O)C(=O)N1CCC(Oc2nc3nc(-c4ccc(C5=CCC(C(=O)O)CC5)cc4)c(Cl)cc3[nH]2)CC1. The third kappa shape index (κ3) is 6.09. The van der Waals surface area contributed by atoms with Crippen molar-refractivity contribution in [1.82, 2.24) is 24.8 Å². The zero-order chi connectivity index (χ0) is 28.2. The van der Waals surface area contributed by atoms with Crippen molar-refractivity contribution in [2.24, 2.45) is 11.1 Å². The summed E-state index contributed by atoms with van der Waals surface area (Å²) in [5.41, 5.74) is 4.85. The third-order valence-corrected chi connectivity index (χ3v) is 7.83. The number of nitrogens with one attached hydrogen (secondary N) is 1. The molecule has 2 amide bonds. The summed E-state index contributed by atoms with van der Waals surface area (Å²) >= 11 is 6.59. The van der Waals surface area contributed by atoms with Gasteiger partial charge < -0.3 is 24.6 Å². The Hall–Kier alpha value is -3.99. The van der Waals surface area contributed by atoms with Crippen LogP contribution in [0.25, 0.3) is 28.0 Å². The molecule has 0 spiro atoms. The number of carbonyl (C=O) groups excluding carboxylic acids is 1.